The zero-order chi connectivity index (χ0) is 22.2. The fourth-order valence-corrected chi connectivity index (χ4v) is 4.31. The van der Waals surface area contributed by atoms with Crippen LogP contribution in [0.2, 0.25) is 0 Å². The van der Waals surface area contributed by atoms with Gasteiger partial charge in [-0.2, -0.15) is 0 Å². The van der Waals surface area contributed by atoms with Crippen LogP contribution in [-0.4, -0.2) is 57.4 Å². The minimum atomic E-state index is -0.744. The second kappa shape index (κ2) is 8.29. The van der Waals surface area contributed by atoms with E-state index in [1.807, 2.05) is 30.8 Å². The number of aliphatic carboxylic acids is 1. The molecule has 2 fully saturated rings. The van der Waals surface area contributed by atoms with Gasteiger partial charge >= 0.3 is 5.97 Å². The third-order valence-corrected chi connectivity index (χ3v) is 6.29. The number of carboxylic acids is 1. The smallest absolute Gasteiger partial charge is 0.306 e. The van der Waals surface area contributed by atoms with Crippen molar-refractivity contribution in [2.24, 2.45) is 13.0 Å². The van der Waals surface area contributed by atoms with Crippen LogP contribution in [0.15, 0.2) is 12.1 Å². The molecule has 3 heterocycles. The van der Waals surface area contributed by atoms with Crippen LogP contribution in [0.1, 0.15) is 61.7 Å². The number of hydrogen-bond acceptors (Lipinski definition) is 8. The summed E-state index contributed by atoms with van der Waals surface area (Å²) in [5.74, 6) is 0.928. The normalized spacial score (nSPS) is 20.9. The first kappa shape index (κ1) is 20.5. The number of tetrazole rings is 1. The monoisotopic (exact) mass is 438 g/mol. The molecule has 0 bridgehead atoms. The highest BCUT2D eigenvalue weighted by molar-refractivity contribution is 5.70. The summed E-state index contributed by atoms with van der Waals surface area (Å²) in [6, 6.07) is 3.75. The first-order valence-corrected chi connectivity index (χ1v) is 11.0. The van der Waals surface area contributed by atoms with E-state index in [-0.39, 0.29) is 12.0 Å². The van der Waals surface area contributed by atoms with Crippen molar-refractivity contribution >= 4 is 5.97 Å². The molecular weight excluding hydrogens is 412 g/mol. The summed E-state index contributed by atoms with van der Waals surface area (Å²) in [4.78, 5) is 16.1. The van der Waals surface area contributed by atoms with Crippen molar-refractivity contribution in [1.82, 2.24) is 40.2 Å². The number of nitrogens with zero attached hydrogens (tertiary/aromatic N) is 8. The first-order valence-electron chi connectivity index (χ1n) is 11.0. The highest BCUT2D eigenvalue weighted by atomic mass is 16.5. The number of carboxylic acid groups (broad SMARTS) is 1. The van der Waals surface area contributed by atoms with E-state index in [0.717, 1.165) is 42.9 Å². The second-order valence-corrected chi connectivity index (χ2v) is 8.70. The Morgan fingerprint density at radius 2 is 2.03 bits per heavy atom. The molecule has 2 aliphatic rings. The molecule has 2 saturated carbocycles. The lowest BCUT2D eigenvalue weighted by Gasteiger charge is -2.27. The van der Waals surface area contributed by atoms with Crippen LogP contribution in [0.3, 0.4) is 0 Å². The van der Waals surface area contributed by atoms with E-state index in [2.05, 4.69) is 25.8 Å². The molecule has 3 aromatic heterocycles. The van der Waals surface area contributed by atoms with Gasteiger partial charge in [-0.15, -0.1) is 10.2 Å². The molecule has 2 aliphatic carbocycles. The van der Waals surface area contributed by atoms with Crippen molar-refractivity contribution in [2.75, 3.05) is 0 Å². The molecule has 168 valence electrons. The van der Waals surface area contributed by atoms with Crippen molar-refractivity contribution in [3.63, 3.8) is 0 Å². The van der Waals surface area contributed by atoms with Gasteiger partial charge in [-0.1, -0.05) is 5.21 Å². The molecule has 0 saturated heterocycles. The molecule has 32 heavy (non-hydrogen) atoms. The van der Waals surface area contributed by atoms with Crippen LogP contribution in [0.5, 0.6) is 5.75 Å². The molecule has 11 nitrogen and oxygen atoms in total. The Labute approximate surface area is 184 Å². The summed E-state index contributed by atoms with van der Waals surface area (Å²) in [5.41, 5.74) is 2.99. The standard InChI is InChI=1S/C21H26N8O3/c1-12-18(32-15-5-3-4-14(10-15)21(30)31)9-8-16(22-12)19-17(28(2)26-23-19)11-29-20(13-6-7-13)24-25-27-29/h8-9,13-15H,3-7,10-11H2,1-2H3,(H,30,31)/t14-,15-/m0/s1. The van der Waals surface area contributed by atoms with Gasteiger partial charge < -0.3 is 9.84 Å². The van der Waals surface area contributed by atoms with Crippen molar-refractivity contribution < 1.29 is 14.6 Å². The Morgan fingerprint density at radius 3 is 2.78 bits per heavy atom. The van der Waals surface area contributed by atoms with Crippen molar-refractivity contribution in [3.8, 4) is 17.1 Å². The number of aryl methyl sites for hydroxylation is 2. The van der Waals surface area contributed by atoms with Gasteiger partial charge in [0.2, 0.25) is 0 Å². The van der Waals surface area contributed by atoms with E-state index in [4.69, 9.17) is 9.72 Å². The maximum absolute atomic E-state index is 11.3. The average Bonchev–Trinajstić information content (AvgIpc) is 3.42. The van der Waals surface area contributed by atoms with Gasteiger partial charge in [-0.05, 0) is 68.0 Å². The fraction of sp³-hybridized carbons (Fsp3) is 0.571. The molecule has 0 aromatic carbocycles. The molecule has 2 atom stereocenters. The van der Waals surface area contributed by atoms with Gasteiger partial charge in [0.05, 0.1) is 35.6 Å². The number of pyridine rings is 1. The second-order valence-electron chi connectivity index (χ2n) is 8.70. The van der Waals surface area contributed by atoms with Crippen LogP contribution in [0.4, 0.5) is 0 Å². The van der Waals surface area contributed by atoms with Crippen LogP contribution in [-0.2, 0) is 18.4 Å². The Balaban J connectivity index is 1.35. The highest BCUT2D eigenvalue weighted by Crippen LogP contribution is 2.38. The number of hydrogen-bond donors (Lipinski definition) is 1. The maximum atomic E-state index is 11.3. The third kappa shape index (κ3) is 4.06. The Kier molecular flexibility index (Phi) is 5.32. The lowest BCUT2D eigenvalue weighted by Crippen LogP contribution is -2.29. The number of ether oxygens (including phenoxy) is 1. The molecule has 0 aliphatic heterocycles. The van der Waals surface area contributed by atoms with E-state index < -0.39 is 5.97 Å². The van der Waals surface area contributed by atoms with E-state index in [0.29, 0.717) is 42.4 Å². The number of aromatic nitrogens is 8. The minimum Gasteiger partial charge on any atom is -0.489 e. The van der Waals surface area contributed by atoms with Gasteiger partial charge in [-0.25, -0.2) is 14.3 Å². The van der Waals surface area contributed by atoms with Gasteiger partial charge in [0, 0.05) is 13.0 Å². The van der Waals surface area contributed by atoms with Crippen molar-refractivity contribution in [3.05, 3.63) is 29.3 Å². The zero-order valence-electron chi connectivity index (χ0n) is 18.2. The van der Waals surface area contributed by atoms with E-state index in [9.17, 15) is 9.90 Å². The number of rotatable bonds is 7. The summed E-state index contributed by atoms with van der Waals surface area (Å²) in [5, 5.41) is 30.0. The van der Waals surface area contributed by atoms with Gasteiger partial charge in [0.25, 0.3) is 0 Å². The SMILES string of the molecule is Cc1nc(-c2nnn(C)c2Cn2nnnc2C2CC2)ccc1O[C@H]1CCC[C@H](C(=O)O)C1. The van der Waals surface area contributed by atoms with Crippen molar-refractivity contribution in [2.45, 2.75) is 64.0 Å². The molecule has 0 radical (unpaired) electrons. The third-order valence-electron chi connectivity index (χ3n) is 6.29. The highest BCUT2D eigenvalue weighted by Gasteiger charge is 2.31. The van der Waals surface area contributed by atoms with Gasteiger partial charge in [-0.3, -0.25) is 4.79 Å². The van der Waals surface area contributed by atoms with Crippen molar-refractivity contribution in [1.29, 1.82) is 0 Å². The summed E-state index contributed by atoms with van der Waals surface area (Å²) in [7, 11) is 1.85. The summed E-state index contributed by atoms with van der Waals surface area (Å²) in [6.07, 6.45) is 5.08. The van der Waals surface area contributed by atoms with E-state index >= 15 is 0 Å². The molecule has 5 rings (SSSR count). The largest absolute Gasteiger partial charge is 0.489 e. The maximum Gasteiger partial charge on any atom is 0.306 e. The quantitative estimate of drug-likeness (QED) is 0.588. The Hall–Kier alpha value is -3.37. The molecule has 0 amide bonds. The predicted octanol–water partition coefficient (Wildman–Crippen LogP) is 2.12. The summed E-state index contributed by atoms with van der Waals surface area (Å²) < 4.78 is 9.67. The predicted molar refractivity (Wildman–Crippen MR) is 112 cm³/mol. The van der Waals surface area contributed by atoms with E-state index in [1.54, 1.807) is 4.68 Å². The topological polar surface area (TPSA) is 134 Å². The van der Waals surface area contributed by atoms with Crippen LogP contribution in [0.25, 0.3) is 11.4 Å². The average molecular weight is 438 g/mol. The lowest BCUT2D eigenvalue weighted by molar-refractivity contribution is -0.143. The molecule has 3 aromatic rings. The van der Waals surface area contributed by atoms with Crippen LogP contribution >= 0.6 is 0 Å². The first-order chi connectivity index (χ1) is 15.5. The molecule has 0 unspecified atom stereocenters. The molecule has 1 N–H and O–H groups in total. The number of carbonyl (C=O) groups is 1. The molecular formula is C21H26N8O3. The van der Waals surface area contributed by atoms with Crippen LogP contribution < -0.4 is 4.74 Å². The minimum absolute atomic E-state index is 0.107. The fourth-order valence-electron chi connectivity index (χ4n) is 4.31. The Morgan fingerprint density at radius 1 is 1.19 bits per heavy atom. The summed E-state index contributed by atoms with van der Waals surface area (Å²) >= 11 is 0. The van der Waals surface area contributed by atoms with Gasteiger partial charge in [0.15, 0.2) is 5.82 Å². The Bertz CT molecular complexity index is 1140. The lowest BCUT2D eigenvalue weighted by atomic mass is 9.87. The van der Waals surface area contributed by atoms with E-state index in [1.165, 1.54) is 0 Å². The zero-order valence-corrected chi connectivity index (χ0v) is 18.2. The molecule has 11 heteroatoms. The molecule has 0 spiro atoms. The van der Waals surface area contributed by atoms with Gasteiger partial charge in [0.1, 0.15) is 11.4 Å². The summed E-state index contributed by atoms with van der Waals surface area (Å²) in [6.45, 7) is 2.36. The van der Waals surface area contributed by atoms with Crippen LogP contribution in [0, 0.1) is 12.8 Å².